The van der Waals surface area contributed by atoms with Crippen LogP contribution in [0.4, 0.5) is 11.5 Å². The summed E-state index contributed by atoms with van der Waals surface area (Å²) in [7, 11) is 1.80. The van der Waals surface area contributed by atoms with E-state index in [4.69, 9.17) is 0 Å². The van der Waals surface area contributed by atoms with Crippen molar-refractivity contribution in [3.8, 4) is 11.1 Å². The molecule has 1 saturated heterocycles. The molecule has 0 unspecified atom stereocenters. The fourth-order valence-corrected chi connectivity index (χ4v) is 3.30. The molecule has 1 aliphatic heterocycles. The number of amides is 1. The van der Waals surface area contributed by atoms with Crippen molar-refractivity contribution >= 4 is 23.0 Å². The average Bonchev–Trinajstić information content (AvgIpc) is 2.76. The summed E-state index contributed by atoms with van der Waals surface area (Å²) >= 11 is 0. The highest BCUT2D eigenvalue weighted by Gasteiger charge is 2.32. The first-order valence-corrected chi connectivity index (χ1v) is 9.58. The highest BCUT2D eigenvalue weighted by Crippen LogP contribution is 2.23. The number of hydrogen-bond acceptors (Lipinski definition) is 6. The summed E-state index contributed by atoms with van der Waals surface area (Å²) in [6.07, 6.45) is 5.02. The maximum atomic E-state index is 12.6. The molecule has 0 radical (unpaired) electrons. The lowest BCUT2D eigenvalue weighted by molar-refractivity contribution is -0.128. The molecule has 0 aliphatic carbocycles. The van der Waals surface area contributed by atoms with Crippen molar-refractivity contribution in [2.75, 3.05) is 30.8 Å². The topological polar surface area (TPSA) is 103 Å². The molecule has 3 aromatic rings. The van der Waals surface area contributed by atoms with Crippen molar-refractivity contribution in [2.24, 2.45) is 0 Å². The summed E-state index contributed by atoms with van der Waals surface area (Å²) in [5.41, 5.74) is 3.01. The van der Waals surface area contributed by atoms with Gasteiger partial charge in [0.25, 0.3) is 11.5 Å². The zero-order valence-electron chi connectivity index (χ0n) is 16.6. The number of aromatic amines is 1. The normalized spacial score (nSPS) is 13.4. The van der Waals surface area contributed by atoms with Gasteiger partial charge in [-0.1, -0.05) is 12.6 Å². The average molecular weight is 402 g/mol. The number of nitrogens with one attached hydrogen (secondary N) is 3. The second-order valence-corrected chi connectivity index (χ2v) is 7.06. The molecular weight excluding hydrogens is 380 g/mol. The van der Waals surface area contributed by atoms with Gasteiger partial charge in [-0.25, -0.2) is 4.98 Å². The monoisotopic (exact) mass is 402 g/mol. The van der Waals surface area contributed by atoms with Crippen molar-refractivity contribution in [1.29, 1.82) is 0 Å². The van der Waals surface area contributed by atoms with Gasteiger partial charge < -0.3 is 20.5 Å². The van der Waals surface area contributed by atoms with Crippen LogP contribution in [0.15, 0.2) is 66.4 Å². The van der Waals surface area contributed by atoms with Crippen LogP contribution in [0.25, 0.3) is 16.7 Å². The Morgan fingerprint density at radius 2 is 2.00 bits per heavy atom. The van der Waals surface area contributed by atoms with Gasteiger partial charge in [0.15, 0.2) is 0 Å². The van der Waals surface area contributed by atoms with Gasteiger partial charge in [0, 0.05) is 44.3 Å². The summed E-state index contributed by atoms with van der Waals surface area (Å²) < 4.78 is 0. The molecule has 1 fully saturated rings. The third-order valence-corrected chi connectivity index (χ3v) is 5.01. The van der Waals surface area contributed by atoms with Gasteiger partial charge in [0.1, 0.15) is 11.5 Å². The molecule has 4 rings (SSSR count). The van der Waals surface area contributed by atoms with Gasteiger partial charge in [-0.2, -0.15) is 0 Å². The summed E-state index contributed by atoms with van der Waals surface area (Å²) in [6, 6.07) is 11.0. The number of likely N-dealkylation sites (tertiary alicyclic amines) is 1. The smallest absolute Gasteiger partial charge is 0.271 e. The van der Waals surface area contributed by atoms with Crippen molar-refractivity contribution in [3.05, 3.63) is 77.6 Å². The van der Waals surface area contributed by atoms with E-state index in [0.29, 0.717) is 30.0 Å². The van der Waals surface area contributed by atoms with Gasteiger partial charge in [0.05, 0.1) is 17.3 Å². The van der Waals surface area contributed by atoms with Crippen LogP contribution >= 0.6 is 0 Å². The molecule has 1 aliphatic rings. The molecular formula is C22H22N6O2. The lowest BCUT2D eigenvalue weighted by atomic mass is 10.0. The maximum Gasteiger partial charge on any atom is 0.271 e. The molecule has 0 spiro atoms. The van der Waals surface area contributed by atoms with Crippen LogP contribution in [0.5, 0.6) is 0 Å². The fraction of sp³-hybridized carbons (Fsp3) is 0.182. The van der Waals surface area contributed by atoms with Crippen molar-refractivity contribution < 1.29 is 4.79 Å². The number of hydrogen-bond donors (Lipinski definition) is 3. The Kier molecular flexibility index (Phi) is 5.30. The highest BCUT2D eigenvalue weighted by molar-refractivity contribution is 6.18. The number of H-pyrrole nitrogens is 1. The lowest BCUT2D eigenvalue weighted by Crippen LogP contribution is -2.57. The van der Waals surface area contributed by atoms with Gasteiger partial charge in [-0.05, 0) is 35.9 Å². The van der Waals surface area contributed by atoms with Crippen molar-refractivity contribution in [2.45, 2.75) is 6.04 Å². The minimum atomic E-state index is -0.204. The van der Waals surface area contributed by atoms with Crippen LogP contribution in [0.2, 0.25) is 0 Å². The van der Waals surface area contributed by atoms with E-state index in [1.165, 1.54) is 0 Å². The summed E-state index contributed by atoms with van der Waals surface area (Å²) in [5, 5.41) is 6.24. The van der Waals surface area contributed by atoms with Gasteiger partial charge in [-0.15, -0.1) is 0 Å². The summed E-state index contributed by atoms with van der Waals surface area (Å²) in [5.74, 6) is 0.597. The zero-order valence-corrected chi connectivity index (χ0v) is 16.6. The number of carbonyl (C=O) groups is 1. The molecule has 0 saturated carbocycles. The van der Waals surface area contributed by atoms with Crippen LogP contribution in [-0.4, -0.2) is 51.9 Å². The van der Waals surface area contributed by atoms with Crippen molar-refractivity contribution in [1.82, 2.24) is 19.9 Å². The Morgan fingerprint density at radius 3 is 2.73 bits per heavy atom. The van der Waals surface area contributed by atoms with E-state index in [1.54, 1.807) is 42.7 Å². The predicted octanol–water partition coefficient (Wildman–Crippen LogP) is 2.21. The molecule has 3 aromatic heterocycles. The largest absolute Gasteiger partial charge is 0.374 e. The molecule has 152 valence electrons. The highest BCUT2D eigenvalue weighted by atomic mass is 16.2. The van der Waals surface area contributed by atoms with E-state index in [9.17, 15) is 9.59 Å². The number of carbonyl (C=O) groups excluding carboxylic acids is 1. The Balaban J connectivity index is 1.42. The van der Waals surface area contributed by atoms with E-state index >= 15 is 0 Å². The molecule has 4 heterocycles. The van der Waals surface area contributed by atoms with E-state index < -0.39 is 0 Å². The number of rotatable bonds is 6. The molecule has 0 bridgehead atoms. The molecule has 30 heavy (non-hydrogen) atoms. The quantitative estimate of drug-likeness (QED) is 0.547. The standard InChI is InChI=1S/C22H22N6O2/c1-14(18-5-3-4-7-24-18)22(30)28-12-17(13-28)27-19-9-16(11-26-21(19)29)15-6-8-25-20(10-15)23-2/h3-11,17,27H,1,12-13H2,2H3,(H,23,25)(H,26,29). The SMILES string of the molecule is C=C(C(=O)N1CC(Nc2cc(-c3ccnc(NC)c3)c[nH]c2=O)C1)c1ccccn1. The molecule has 0 atom stereocenters. The zero-order chi connectivity index (χ0) is 21.1. The van der Waals surface area contributed by atoms with Crippen LogP contribution in [-0.2, 0) is 4.79 Å². The second kappa shape index (κ2) is 8.20. The first-order chi connectivity index (χ1) is 14.5. The number of nitrogens with zero attached hydrogens (tertiary/aromatic N) is 3. The minimum Gasteiger partial charge on any atom is -0.374 e. The third kappa shape index (κ3) is 3.93. The molecule has 8 heteroatoms. The van der Waals surface area contributed by atoms with E-state index in [2.05, 4.69) is 32.2 Å². The first kappa shape index (κ1) is 19.4. The Bertz CT molecular complexity index is 1140. The van der Waals surface area contributed by atoms with Crippen LogP contribution in [0.1, 0.15) is 5.69 Å². The molecule has 8 nitrogen and oxygen atoms in total. The number of aromatic nitrogens is 3. The maximum absolute atomic E-state index is 12.6. The van der Waals surface area contributed by atoms with Gasteiger partial charge >= 0.3 is 0 Å². The lowest BCUT2D eigenvalue weighted by Gasteiger charge is -2.40. The number of pyridine rings is 3. The Labute approximate surface area is 173 Å². The van der Waals surface area contributed by atoms with E-state index in [-0.39, 0.29) is 17.5 Å². The first-order valence-electron chi connectivity index (χ1n) is 9.58. The third-order valence-electron chi connectivity index (χ3n) is 5.01. The minimum absolute atomic E-state index is 0.00728. The van der Waals surface area contributed by atoms with Gasteiger partial charge in [0.2, 0.25) is 0 Å². The Hall–Kier alpha value is -3.94. The van der Waals surface area contributed by atoms with Crippen LogP contribution < -0.4 is 16.2 Å². The molecule has 1 amide bonds. The molecule has 3 N–H and O–H groups in total. The predicted molar refractivity (Wildman–Crippen MR) is 117 cm³/mol. The second-order valence-electron chi connectivity index (χ2n) is 7.06. The van der Waals surface area contributed by atoms with E-state index in [1.807, 2.05) is 24.3 Å². The van der Waals surface area contributed by atoms with Crippen LogP contribution in [0.3, 0.4) is 0 Å². The van der Waals surface area contributed by atoms with Crippen molar-refractivity contribution in [3.63, 3.8) is 0 Å². The van der Waals surface area contributed by atoms with Gasteiger partial charge in [-0.3, -0.25) is 14.6 Å². The van der Waals surface area contributed by atoms with Crippen LogP contribution in [0, 0.1) is 0 Å². The summed E-state index contributed by atoms with van der Waals surface area (Å²) in [6.45, 7) is 4.86. The molecule has 0 aromatic carbocycles. The van der Waals surface area contributed by atoms with E-state index in [0.717, 1.165) is 16.9 Å². The number of anilines is 2. The fourth-order valence-electron chi connectivity index (χ4n) is 3.30. The Morgan fingerprint density at radius 1 is 1.17 bits per heavy atom. The summed E-state index contributed by atoms with van der Waals surface area (Å²) in [4.78, 5) is 37.7.